The van der Waals surface area contributed by atoms with Crippen molar-refractivity contribution in [2.45, 2.75) is 64.2 Å². The first kappa shape index (κ1) is 23.5. The van der Waals surface area contributed by atoms with Crippen LogP contribution in [0.5, 0.6) is 5.88 Å². The van der Waals surface area contributed by atoms with Gasteiger partial charge in [0.1, 0.15) is 16.4 Å². The van der Waals surface area contributed by atoms with Gasteiger partial charge in [-0.3, -0.25) is 9.79 Å². The predicted molar refractivity (Wildman–Crippen MR) is 135 cm³/mol. The Morgan fingerprint density at radius 2 is 1.73 bits per heavy atom. The highest BCUT2D eigenvalue weighted by atomic mass is 32.1. The highest BCUT2D eigenvalue weighted by molar-refractivity contribution is 7.11. The van der Waals surface area contributed by atoms with Crippen molar-refractivity contribution < 1.29 is 9.90 Å². The van der Waals surface area contributed by atoms with Gasteiger partial charge < -0.3 is 21.5 Å². The molecule has 5 N–H and O–H groups in total. The number of rotatable bonds is 8. The van der Waals surface area contributed by atoms with Gasteiger partial charge in [0.15, 0.2) is 0 Å². The number of para-hydroxylation sites is 1. The fraction of sp³-hybridized carbons (Fsp3) is 0.560. The first-order valence-electron chi connectivity index (χ1n) is 12.2. The lowest BCUT2D eigenvalue weighted by atomic mass is 9.89. The van der Waals surface area contributed by atoms with Crippen LogP contribution in [0.3, 0.4) is 0 Å². The molecular formula is C25H35N5O2S. The number of hydrogen-bond donors (Lipinski definition) is 4. The normalized spacial score (nSPS) is 18.2. The molecule has 2 fully saturated rings. The third-order valence-electron chi connectivity index (χ3n) is 6.87. The van der Waals surface area contributed by atoms with Crippen molar-refractivity contribution in [3.05, 3.63) is 35.4 Å². The van der Waals surface area contributed by atoms with Gasteiger partial charge >= 0.3 is 0 Å². The van der Waals surface area contributed by atoms with E-state index in [1.165, 1.54) is 64.2 Å². The molecule has 1 amide bonds. The number of nitrogens with zero attached hydrogens (tertiary/aromatic N) is 2. The standard InChI is InChI=1S/C25H35N5O2S/c26-22(27-15-17-9-3-1-4-10-17)21-24(32)30-33-25(21)29-20-14-8-7-13-19(20)23(31)28-16-18-11-5-2-6-12-18/h7-8,13-14,17-18,29H,1-6,9-12,15-16H2,(H2,26,27)(H,28,31)(H,30,32). The molecule has 7 nitrogen and oxygen atoms in total. The van der Waals surface area contributed by atoms with Gasteiger partial charge in [0.25, 0.3) is 5.91 Å². The average molecular weight is 470 g/mol. The summed E-state index contributed by atoms with van der Waals surface area (Å²) in [4.78, 5) is 17.5. The number of hydrogen-bond acceptors (Lipinski definition) is 6. The largest absolute Gasteiger partial charge is 0.492 e. The number of amides is 1. The van der Waals surface area contributed by atoms with Crippen molar-refractivity contribution in [1.29, 1.82) is 0 Å². The molecule has 0 spiro atoms. The number of nitrogens with one attached hydrogen (secondary N) is 2. The number of aromatic nitrogens is 1. The molecule has 2 aliphatic carbocycles. The zero-order chi connectivity index (χ0) is 23.0. The maximum atomic E-state index is 12.9. The molecule has 2 aliphatic rings. The number of benzene rings is 1. The Balaban J connectivity index is 1.45. The van der Waals surface area contributed by atoms with Crippen LogP contribution in [0.2, 0.25) is 0 Å². The second kappa shape index (κ2) is 11.5. The smallest absolute Gasteiger partial charge is 0.253 e. The van der Waals surface area contributed by atoms with Gasteiger partial charge in [-0.1, -0.05) is 50.7 Å². The molecule has 1 heterocycles. The molecule has 0 saturated heterocycles. The molecule has 1 aromatic heterocycles. The van der Waals surface area contributed by atoms with Crippen LogP contribution in [-0.4, -0.2) is 34.3 Å². The Morgan fingerprint density at radius 1 is 1.06 bits per heavy atom. The number of carbonyl (C=O) groups is 1. The molecule has 0 aliphatic heterocycles. The first-order valence-corrected chi connectivity index (χ1v) is 13.0. The van der Waals surface area contributed by atoms with E-state index in [1.807, 2.05) is 18.2 Å². The second-order valence-corrected chi connectivity index (χ2v) is 10.1. The SMILES string of the molecule is NC(=NCC1CCCCC1)c1c(O)nsc1Nc1ccccc1C(=O)NCC1CCCCC1. The Kier molecular flexibility index (Phi) is 8.20. The number of amidine groups is 1. The van der Waals surface area contributed by atoms with E-state index in [-0.39, 0.29) is 17.6 Å². The summed E-state index contributed by atoms with van der Waals surface area (Å²) in [5.74, 6) is 1.17. The Morgan fingerprint density at radius 3 is 2.45 bits per heavy atom. The predicted octanol–water partition coefficient (Wildman–Crippen LogP) is 5.19. The molecule has 178 valence electrons. The number of anilines is 2. The highest BCUT2D eigenvalue weighted by Gasteiger charge is 2.21. The van der Waals surface area contributed by atoms with Gasteiger partial charge in [0.05, 0.1) is 11.3 Å². The Labute approximate surface area is 200 Å². The first-order chi connectivity index (χ1) is 16.1. The third-order valence-corrected chi connectivity index (χ3v) is 7.62. The molecule has 0 unspecified atom stereocenters. The maximum absolute atomic E-state index is 12.9. The van der Waals surface area contributed by atoms with Crippen LogP contribution in [0, 0.1) is 11.8 Å². The Bertz CT molecular complexity index is 961. The summed E-state index contributed by atoms with van der Waals surface area (Å²) < 4.78 is 4.07. The lowest BCUT2D eigenvalue weighted by Crippen LogP contribution is -2.30. The van der Waals surface area contributed by atoms with Crippen molar-refractivity contribution in [2.75, 3.05) is 18.4 Å². The van der Waals surface area contributed by atoms with Gasteiger partial charge in [-0.25, -0.2) is 0 Å². The maximum Gasteiger partial charge on any atom is 0.253 e. The number of nitrogens with two attached hydrogens (primary N) is 1. The van der Waals surface area contributed by atoms with Crippen molar-refractivity contribution in [3.8, 4) is 5.88 Å². The summed E-state index contributed by atoms with van der Waals surface area (Å²) in [5.41, 5.74) is 7.90. The Hall–Kier alpha value is -2.61. The molecular weight excluding hydrogens is 434 g/mol. The van der Waals surface area contributed by atoms with E-state index in [9.17, 15) is 9.90 Å². The van der Waals surface area contributed by atoms with E-state index in [2.05, 4.69) is 20.0 Å². The van der Waals surface area contributed by atoms with Crippen LogP contribution in [0.25, 0.3) is 0 Å². The van der Waals surface area contributed by atoms with E-state index in [0.29, 0.717) is 46.7 Å². The number of aliphatic imine (C=N–C) groups is 1. The van der Waals surface area contributed by atoms with E-state index in [4.69, 9.17) is 5.73 Å². The van der Waals surface area contributed by atoms with Crippen molar-refractivity contribution in [2.24, 2.45) is 22.6 Å². The average Bonchev–Trinajstić information content (AvgIpc) is 3.22. The molecule has 2 saturated carbocycles. The molecule has 0 radical (unpaired) electrons. The van der Waals surface area contributed by atoms with Crippen LogP contribution < -0.4 is 16.4 Å². The van der Waals surface area contributed by atoms with Crippen molar-refractivity contribution in [1.82, 2.24) is 9.69 Å². The summed E-state index contributed by atoms with van der Waals surface area (Å²) >= 11 is 1.11. The molecule has 2 aromatic rings. The summed E-state index contributed by atoms with van der Waals surface area (Å²) in [7, 11) is 0. The van der Waals surface area contributed by atoms with Gasteiger partial charge in [-0.05, 0) is 61.2 Å². The lowest BCUT2D eigenvalue weighted by Gasteiger charge is -2.22. The van der Waals surface area contributed by atoms with Crippen LogP contribution in [-0.2, 0) is 0 Å². The van der Waals surface area contributed by atoms with Gasteiger partial charge in [0, 0.05) is 13.1 Å². The van der Waals surface area contributed by atoms with E-state index < -0.39 is 0 Å². The topological polar surface area (TPSA) is 113 Å². The van der Waals surface area contributed by atoms with Gasteiger partial charge in [-0.2, -0.15) is 4.37 Å². The fourth-order valence-electron chi connectivity index (χ4n) is 4.91. The molecule has 0 bridgehead atoms. The van der Waals surface area contributed by atoms with Crippen LogP contribution in [0.4, 0.5) is 10.7 Å². The highest BCUT2D eigenvalue weighted by Crippen LogP contribution is 2.33. The second-order valence-electron chi connectivity index (χ2n) is 9.32. The van der Waals surface area contributed by atoms with E-state index >= 15 is 0 Å². The monoisotopic (exact) mass is 469 g/mol. The summed E-state index contributed by atoms with van der Waals surface area (Å²) in [6.07, 6.45) is 12.3. The van der Waals surface area contributed by atoms with E-state index in [1.54, 1.807) is 6.07 Å². The van der Waals surface area contributed by atoms with Crippen LogP contribution in [0.15, 0.2) is 29.3 Å². The number of aromatic hydroxyl groups is 1. The molecule has 4 rings (SSSR count). The van der Waals surface area contributed by atoms with E-state index in [0.717, 1.165) is 11.5 Å². The molecule has 1 aromatic carbocycles. The summed E-state index contributed by atoms with van der Waals surface area (Å²) in [6, 6.07) is 7.39. The zero-order valence-corrected chi connectivity index (χ0v) is 20.0. The lowest BCUT2D eigenvalue weighted by molar-refractivity contribution is 0.0944. The quantitative estimate of drug-likeness (QED) is 0.314. The minimum atomic E-state index is -0.133. The van der Waals surface area contributed by atoms with Crippen molar-refractivity contribution >= 4 is 34.0 Å². The van der Waals surface area contributed by atoms with Gasteiger partial charge in [-0.15, -0.1) is 0 Å². The van der Waals surface area contributed by atoms with Gasteiger partial charge in [0.2, 0.25) is 5.88 Å². The molecule has 33 heavy (non-hydrogen) atoms. The molecule has 0 atom stereocenters. The summed E-state index contributed by atoms with van der Waals surface area (Å²) in [6.45, 7) is 1.38. The van der Waals surface area contributed by atoms with Crippen LogP contribution in [0.1, 0.15) is 80.1 Å². The minimum absolute atomic E-state index is 0.0992. The number of carbonyl (C=O) groups excluding carboxylic acids is 1. The van der Waals surface area contributed by atoms with Crippen LogP contribution >= 0.6 is 11.5 Å². The third kappa shape index (κ3) is 6.25. The minimum Gasteiger partial charge on any atom is -0.492 e. The zero-order valence-electron chi connectivity index (χ0n) is 19.2. The summed E-state index contributed by atoms with van der Waals surface area (Å²) in [5, 5.41) is 17.3. The molecule has 8 heteroatoms. The van der Waals surface area contributed by atoms with Crippen molar-refractivity contribution in [3.63, 3.8) is 0 Å². The fourth-order valence-corrected chi connectivity index (χ4v) is 5.62.